The Morgan fingerprint density at radius 2 is 2.00 bits per heavy atom. The molecular weight excluding hydrogens is 226 g/mol. The number of hydrogen-bond acceptors (Lipinski definition) is 3. The molecule has 1 aliphatic rings. The number of nitrogens with two attached hydrogens (primary N) is 1. The summed E-state index contributed by atoms with van der Waals surface area (Å²) < 4.78 is 0. The molecule has 0 unspecified atom stereocenters. The number of aryl methyl sites for hydroxylation is 1. The second-order valence-corrected chi connectivity index (χ2v) is 4.42. The van der Waals surface area contributed by atoms with Crippen LogP contribution >= 0.6 is 12.4 Å². The highest BCUT2D eigenvalue weighted by Gasteiger charge is 2.34. The summed E-state index contributed by atoms with van der Waals surface area (Å²) >= 11 is 0. The minimum absolute atomic E-state index is 0. The van der Waals surface area contributed by atoms with E-state index in [0.29, 0.717) is 11.5 Å². The van der Waals surface area contributed by atoms with Crippen LogP contribution in [-0.4, -0.2) is 16.3 Å². The number of aromatic hydroxyl groups is 1. The van der Waals surface area contributed by atoms with E-state index in [2.05, 4.69) is 0 Å². The van der Waals surface area contributed by atoms with E-state index in [1.54, 1.807) is 12.1 Å². The molecule has 90 valence electrons. The lowest BCUT2D eigenvalue weighted by atomic mass is 9.97. The quantitative estimate of drug-likeness (QED) is 0.760. The van der Waals surface area contributed by atoms with E-state index in [1.165, 1.54) is 0 Å². The van der Waals surface area contributed by atoms with Gasteiger partial charge < -0.3 is 15.9 Å². The van der Waals surface area contributed by atoms with Gasteiger partial charge in [-0.1, -0.05) is 12.1 Å². The maximum atomic E-state index is 9.87. The summed E-state index contributed by atoms with van der Waals surface area (Å²) in [6, 6.07) is 4.89. The Balaban J connectivity index is 0.00000128. The summed E-state index contributed by atoms with van der Waals surface area (Å²) in [7, 11) is 0. The standard InChI is InChI=1S/C12H17NO2.ClH/c1-7-2-5-9(10(14)6-7)11(13)12(15)8-3-4-8;/h2,5-6,8,11-12,14-15H,3-4,13H2,1H3;1H/t11-,12+;/m1./s1. The third-order valence-electron chi connectivity index (χ3n) is 3.02. The van der Waals surface area contributed by atoms with Gasteiger partial charge in [0, 0.05) is 5.56 Å². The molecule has 0 heterocycles. The van der Waals surface area contributed by atoms with Crippen LogP contribution in [0.5, 0.6) is 5.75 Å². The molecule has 1 fully saturated rings. The van der Waals surface area contributed by atoms with E-state index in [4.69, 9.17) is 5.73 Å². The summed E-state index contributed by atoms with van der Waals surface area (Å²) in [6.45, 7) is 1.91. The Kier molecular flexibility index (Phi) is 4.19. The van der Waals surface area contributed by atoms with Gasteiger partial charge in [0.25, 0.3) is 0 Å². The Labute approximate surface area is 102 Å². The van der Waals surface area contributed by atoms with Crippen LogP contribution in [0.4, 0.5) is 0 Å². The molecule has 1 saturated carbocycles. The first-order valence-corrected chi connectivity index (χ1v) is 5.33. The molecule has 0 bridgehead atoms. The van der Waals surface area contributed by atoms with Crippen LogP contribution in [0.15, 0.2) is 18.2 Å². The number of aliphatic hydroxyl groups excluding tert-OH is 1. The normalized spacial score (nSPS) is 18.7. The maximum absolute atomic E-state index is 9.87. The van der Waals surface area contributed by atoms with Crippen LogP contribution in [0.3, 0.4) is 0 Å². The number of phenolic OH excluding ortho intramolecular Hbond substituents is 1. The molecular formula is C12H18ClNO2. The first kappa shape index (κ1) is 13.3. The highest BCUT2D eigenvalue weighted by Crippen LogP contribution is 2.38. The zero-order valence-electron chi connectivity index (χ0n) is 9.26. The molecule has 0 radical (unpaired) electrons. The third-order valence-corrected chi connectivity index (χ3v) is 3.02. The van der Waals surface area contributed by atoms with E-state index < -0.39 is 12.1 Å². The highest BCUT2D eigenvalue weighted by atomic mass is 35.5. The topological polar surface area (TPSA) is 66.5 Å². The van der Waals surface area contributed by atoms with Crippen molar-refractivity contribution in [2.45, 2.75) is 31.9 Å². The highest BCUT2D eigenvalue weighted by molar-refractivity contribution is 5.85. The van der Waals surface area contributed by atoms with Crippen LogP contribution in [0.25, 0.3) is 0 Å². The van der Waals surface area contributed by atoms with Crippen molar-refractivity contribution in [2.24, 2.45) is 11.7 Å². The van der Waals surface area contributed by atoms with Crippen molar-refractivity contribution < 1.29 is 10.2 Å². The van der Waals surface area contributed by atoms with E-state index in [9.17, 15) is 10.2 Å². The molecule has 4 heteroatoms. The lowest BCUT2D eigenvalue weighted by Gasteiger charge is -2.19. The van der Waals surface area contributed by atoms with Gasteiger partial charge in [-0.3, -0.25) is 0 Å². The SMILES string of the molecule is Cc1ccc([C@@H](N)[C@@H](O)C2CC2)c(O)c1.Cl. The number of halogens is 1. The summed E-state index contributed by atoms with van der Waals surface area (Å²) in [5.41, 5.74) is 7.55. The van der Waals surface area contributed by atoms with Crippen molar-refractivity contribution >= 4 is 12.4 Å². The predicted molar refractivity (Wildman–Crippen MR) is 65.8 cm³/mol. The van der Waals surface area contributed by atoms with Gasteiger partial charge in [0.2, 0.25) is 0 Å². The van der Waals surface area contributed by atoms with Gasteiger partial charge in [-0.2, -0.15) is 0 Å². The van der Waals surface area contributed by atoms with Crippen molar-refractivity contribution in [1.29, 1.82) is 0 Å². The first-order valence-electron chi connectivity index (χ1n) is 5.33. The summed E-state index contributed by atoms with van der Waals surface area (Å²) in [5, 5.41) is 19.6. The Hall–Kier alpha value is -0.770. The second kappa shape index (κ2) is 5.04. The van der Waals surface area contributed by atoms with Crippen molar-refractivity contribution in [3.8, 4) is 5.75 Å². The summed E-state index contributed by atoms with van der Waals surface area (Å²) in [5.74, 6) is 0.503. The van der Waals surface area contributed by atoms with Crippen molar-refractivity contribution in [3.05, 3.63) is 29.3 Å². The fourth-order valence-electron chi connectivity index (χ4n) is 1.85. The molecule has 0 spiro atoms. The predicted octanol–water partition coefficient (Wildman–Crippen LogP) is 1.89. The first-order chi connectivity index (χ1) is 7.09. The van der Waals surface area contributed by atoms with Gasteiger partial charge in [0.05, 0.1) is 12.1 Å². The van der Waals surface area contributed by atoms with Gasteiger partial charge in [-0.15, -0.1) is 12.4 Å². The molecule has 0 saturated heterocycles. The fourth-order valence-corrected chi connectivity index (χ4v) is 1.85. The Morgan fingerprint density at radius 3 is 2.50 bits per heavy atom. The Morgan fingerprint density at radius 1 is 1.38 bits per heavy atom. The number of phenols is 1. The lowest BCUT2D eigenvalue weighted by molar-refractivity contribution is 0.121. The zero-order chi connectivity index (χ0) is 11.0. The molecule has 2 atom stereocenters. The van der Waals surface area contributed by atoms with Crippen LogP contribution in [0.1, 0.15) is 30.0 Å². The van der Waals surface area contributed by atoms with E-state index >= 15 is 0 Å². The summed E-state index contributed by atoms with van der Waals surface area (Å²) in [4.78, 5) is 0. The molecule has 3 nitrogen and oxygen atoms in total. The minimum Gasteiger partial charge on any atom is -0.508 e. The van der Waals surface area contributed by atoms with Gasteiger partial charge in [0.1, 0.15) is 5.75 Å². The van der Waals surface area contributed by atoms with Crippen molar-refractivity contribution in [2.75, 3.05) is 0 Å². The van der Waals surface area contributed by atoms with E-state index in [1.807, 2.05) is 13.0 Å². The number of benzene rings is 1. The summed E-state index contributed by atoms with van der Waals surface area (Å²) in [6.07, 6.45) is 1.56. The largest absolute Gasteiger partial charge is 0.508 e. The fraction of sp³-hybridized carbons (Fsp3) is 0.500. The maximum Gasteiger partial charge on any atom is 0.120 e. The molecule has 0 aromatic heterocycles. The van der Waals surface area contributed by atoms with Crippen LogP contribution in [0, 0.1) is 12.8 Å². The van der Waals surface area contributed by atoms with Gasteiger partial charge in [0.15, 0.2) is 0 Å². The van der Waals surface area contributed by atoms with Crippen molar-refractivity contribution in [1.82, 2.24) is 0 Å². The smallest absolute Gasteiger partial charge is 0.120 e. The van der Waals surface area contributed by atoms with Gasteiger partial charge in [-0.25, -0.2) is 0 Å². The number of hydrogen-bond donors (Lipinski definition) is 3. The molecule has 16 heavy (non-hydrogen) atoms. The Bertz CT molecular complexity index is 366. The molecule has 1 aliphatic carbocycles. The van der Waals surface area contributed by atoms with Crippen LogP contribution in [-0.2, 0) is 0 Å². The monoisotopic (exact) mass is 243 g/mol. The second-order valence-electron chi connectivity index (χ2n) is 4.42. The lowest BCUT2D eigenvalue weighted by Crippen LogP contribution is -2.27. The average molecular weight is 244 g/mol. The average Bonchev–Trinajstić information content (AvgIpc) is 2.99. The zero-order valence-corrected chi connectivity index (χ0v) is 10.1. The van der Waals surface area contributed by atoms with E-state index in [0.717, 1.165) is 18.4 Å². The van der Waals surface area contributed by atoms with Gasteiger partial charge >= 0.3 is 0 Å². The molecule has 1 aromatic rings. The van der Waals surface area contributed by atoms with Crippen LogP contribution in [0.2, 0.25) is 0 Å². The van der Waals surface area contributed by atoms with Crippen molar-refractivity contribution in [3.63, 3.8) is 0 Å². The molecule has 0 aliphatic heterocycles. The third kappa shape index (κ3) is 2.67. The molecule has 0 amide bonds. The van der Waals surface area contributed by atoms with E-state index in [-0.39, 0.29) is 18.2 Å². The van der Waals surface area contributed by atoms with Crippen LogP contribution < -0.4 is 5.73 Å². The minimum atomic E-state index is -0.529. The van der Waals surface area contributed by atoms with Gasteiger partial charge in [-0.05, 0) is 37.3 Å². The molecule has 4 N–H and O–H groups in total. The molecule has 2 rings (SSSR count). The number of aliphatic hydroxyl groups is 1. The molecule has 1 aromatic carbocycles. The number of rotatable bonds is 3.